The molecule has 5 heteroatoms. The number of aromatic carboxylic acids is 1. The van der Waals surface area contributed by atoms with E-state index in [4.69, 9.17) is 12.2 Å². The van der Waals surface area contributed by atoms with Gasteiger partial charge in [0.05, 0.1) is 11.9 Å². The maximum atomic E-state index is 10.5. The SMILES string of the molecule is Cc1[nH]c(=S)[s+](C)c1C(=O)[O-]. The molecule has 0 saturated carbocycles. The number of carboxylic acid groups (broad SMARTS) is 1. The molecule has 1 N–H and O–H groups in total. The summed E-state index contributed by atoms with van der Waals surface area (Å²) in [6.07, 6.45) is 1.77. The Morgan fingerprint density at radius 1 is 1.73 bits per heavy atom. The summed E-state index contributed by atoms with van der Waals surface area (Å²) in [6.45, 7) is 1.69. The summed E-state index contributed by atoms with van der Waals surface area (Å²) in [6, 6.07) is 0. The lowest BCUT2D eigenvalue weighted by atomic mass is 10.4. The van der Waals surface area contributed by atoms with Gasteiger partial charge in [-0.2, -0.15) is 0 Å². The third kappa shape index (κ3) is 1.34. The molecule has 0 spiro atoms. The molecular weight excluding hydrogens is 182 g/mol. The Morgan fingerprint density at radius 2 is 2.27 bits per heavy atom. The van der Waals surface area contributed by atoms with E-state index < -0.39 is 16.4 Å². The first kappa shape index (κ1) is 8.42. The van der Waals surface area contributed by atoms with Gasteiger partial charge in [-0.3, -0.25) is 0 Å². The highest BCUT2D eigenvalue weighted by Gasteiger charge is 2.13. The van der Waals surface area contributed by atoms with E-state index >= 15 is 0 Å². The zero-order valence-electron chi connectivity index (χ0n) is 6.13. The molecule has 1 atom stereocenters. The van der Waals surface area contributed by atoms with Gasteiger partial charge in [-0.15, -0.1) is 0 Å². The summed E-state index contributed by atoms with van der Waals surface area (Å²) in [5, 5.41) is 10.5. The van der Waals surface area contributed by atoms with Crippen molar-refractivity contribution in [3.05, 3.63) is 14.5 Å². The van der Waals surface area contributed by atoms with E-state index in [2.05, 4.69) is 4.98 Å². The van der Waals surface area contributed by atoms with Crippen LogP contribution in [0.25, 0.3) is 0 Å². The number of rotatable bonds is 1. The van der Waals surface area contributed by atoms with Gasteiger partial charge in [-0.05, 0) is 17.4 Å². The molecule has 0 amide bonds. The lowest BCUT2D eigenvalue weighted by molar-refractivity contribution is -0.254. The molecule has 0 fully saturated rings. The monoisotopic (exact) mass is 189 g/mol. The van der Waals surface area contributed by atoms with Crippen molar-refractivity contribution in [2.75, 3.05) is 0 Å². The predicted octanol–water partition coefficient (Wildman–Crippen LogP) is 0.702. The smallest absolute Gasteiger partial charge is 0.356 e. The van der Waals surface area contributed by atoms with Crippen LogP contribution in [-0.2, 0) is 6.26 Å². The topological polar surface area (TPSA) is 55.9 Å². The number of aromatic amines is 1. The average Bonchev–Trinajstić information content (AvgIpc) is 2.07. The van der Waals surface area contributed by atoms with E-state index in [1.807, 2.05) is 0 Å². The molecule has 0 saturated heterocycles. The number of aryl methyl sites for hydroxylation is 1. The minimum absolute atomic E-state index is 0.301. The maximum absolute atomic E-state index is 10.5. The van der Waals surface area contributed by atoms with Crippen LogP contribution in [0, 0.1) is 10.9 Å². The van der Waals surface area contributed by atoms with Crippen molar-refractivity contribution >= 4 is 28.7 Å². The van der Waals surface area contributed by atoms with Gasteiger partial charge < -0.3 is 14.9 Å². The van der Waals surface area contributed by atoms with Crippen LogP contribution in [0.4, 0.5) is 0 Å². The van der Waals surface area contributed by atoms with E-state index in [0.29, 0.717) is 14.5 Å². The van der Waals surface area contributed by atoms with Crippen LogP contribution in [-0.4, -0.2) is 11.0 Å². The number of carbonyl (C=O) groups is 1. The molecule has 60 valence electrons. The Labute approximate surface area is 71.7 Å². The predicted molar refractivity (Wildman–Crippen MR) is 44.2 cm³/mol. The maximum Gasteiger partial charge on any atom is 0.356 e. The van der Waals surface area contributed by atoms with E-state index in [9.17, 15) is 9.90 Å². The number of hydrogen-bond donors (Lipinski definition) is 1. The molecule has 0 aliphatic carbocycles. The summed E-state index contributed by atoms with van der Waals surface area (Å²) in [4.78, 5) is 13.6. The van der Waals surface area contributed by atoms with Crippen molar-refractivity contribution in [1.29, 1.82) is 0 Å². The van der Waals surface area contributed by atoms with Gasteiger partial charge in [-0.25, -0.2) is 0 Å². The molecule has 1 rings (SSSR count). The second-order valence-corrected chi connectivity index (χ2v) is 4.67. The highest BCUT2D eigenvalue weighted by Crippen LogP contribution is 2.23. The summed E-state index contributed by atoms with van der Waals surface area (Å²) in [5.74, 6) is -1.12. The number of carboxylic acids is 1. The van der Waals surface area contributed by atoms with E-state index in [1.165, 1.54) is 0 Å². The number of carbonyl (C=O) groups excluding carboxylic acids is 1. The zero-order valence-corrected chi connectivity index (χ0v) is 7.77. The first-order valence-electron chi connectivity index (χ1n) is 2.93. The van der Waals surface area contributed by atoms with Crippen LogP contribution in [0.15, 0.2) is 0 Å². The minimum Gasteiger partial charge on any atom is -0.542 e. The summed E-state index contributed by atoms with van der Waals surface area (Å²) in [5.41, 5.74) is 0.612. The molecule has 1 aromatic heterocycles. The first-order chi connectivity index (χ1) is 5.04. The largest absolute Gasteiger partial charge is 0.542 e. The van der Waals surface area contributed by atoms with Crippen LogP contribution in [0.1, 0.15) is 15.4 Å². The van der Waals surface area contributed by atoms with Crippen molar-refractivity contribution in [1.82, 2.24) is 4.98 Å². The van der Waals surface area contributed by atoms with Crippen LogP contribution in [0.5, 0.6) is 0 Å². The molecule has 3 nitrogen and oxygen atoms in total. The molecule has 0 radical (unpaired) electrons. The van der Waals surface area contributed by atoms with Crippen molar-refractivity contribution in [2.24, 2.45) is 6.26 Å². The third-order valence-electron chi connectivity index (χ3n) is 1.40. The Hall–Kier alpha value is -0.680. The van der Waals surface area contributed by atoms with Crippen molar-refractivity contribution < 1.29 is 9.90 Å². The van der Waals surface area contributed by atoms with E-state index in [0.717, 1.165) is 0 Å². The quantitative estimate of drug-likeness (QED) is 0.522. The van der Waals surface area contributed by atoms with Crippen LogP contribution < -0.4 is 5.11 Å². The number of aromatic nitrogens is 1. The number of hydrogen-bond acceptors (Lipinski definition) is 3. The highest BCUT2D eigenvalue weighted by molar-refractivity contribution is 7.74. The lowest BCUT2D eigenvalue weighted by Crippen LogP contribution is -2.22. The molecule has 0 aliphatic heterocycles. The second-order valence-electron chi connectivity index (χ2n) is 2.16. The molecule has 0 bridgehead atoms. The van der Waals surface area contributed by atoms with E-state index in [1.54, 1.807) is 13.2 Å². The fourth-order valence-corrected chi connectivity index (χ4v) is 2.54. The Kier molecular flexibility index (Phi) is 2.10. The summed E-state index contributed by atoms with van der Waals surface area (Å²) in [7, 11) is -0.478. The number of H-pyrrole nitrogens is 1. The third-order valence-corrected chi connectivity index (χ3v) is 4.00. The van der Waals surface area contributed by atoms with Gasteiger partial charge in [0.2, 0.25) is 0 Å². The van der Waals surface area contributed by atoms with Gasteiger partial charge in [0.25, 0.3) is 12.2 Å². The Bertz CT molecular complexity index is 350. The Balaban J connectivity index is 3.46. The molecule has 0 aromatic carbocycles. The van der Waals surface area contributed by atoms with Gasteiger partial charge >= 0.3 is 3.95 Å². The number of nitrogens with one attached hydrogen (secondary N) is 1. The zero-order chi connectivity index (χ0) is 8.59. The lowest BCUT2D eigenvalue weighted by Gasteiger charge is -1.96. The standard InChI is InChI=1S/C6H7NO2S2/c1-3-4(5(8)9)11(2)6(10)7-3/h1-2H3,(H-,7,8,9,10). The van der Waals surface area contributed by atoms with E-state index in [-0.39, 0.29) is 0 Å². The average molecular weight is 189 g/mol. The van der Waals surface area contributed by atoms with Crippen LogP contribution in [0.3, 0.4) is 0 Å². The summed E-state index contributed by atoms with van der Waals surface area (Å²) >= 11 is 4.88. The fourth-order valence-electron chi connectivity index (χ4n) is 0.887. The van der Waals surface area contributed by atoms with Gasteiger partial charge in [0.1, 0.15) is 10.8 Å². The highest BCUT2D eigenvalue weighted by atomic mass is 32.2. The Morgan fingerprint density at radius 3 is 2.45 bits per heavy atom. The van der Waals surface area contributed by atoms with Crippen molar-refractivity contribution in [2.45, 2.75) is 6.92 Å². The van der Waals surface area contributed by atoms with Gasteiger partial charge in [0, 0.05) is 0 Å². The van der Waals surface area contributed by atoms with Crippen molar-refractivity contribution in [3.8, 4) is 0 Å². The molecule has 11 heavy (non-hydrogen) atoms. The normalized spacial score (nSPS) is 11.6. The fraction of sp³-hybridized carbons (Fsp3) is 0.333. The van der Waals surface area contributed by atoms with Gasteiger partial charge in [-0.1, -0.05) is 0 Å². The second kappa shape index (κ2) is 2.75. The molecule has 1 aromatic rings. The molecular formula is C6H7NO2S2. The molecule has 0 aliphatic rings. The van der Waals surface area contributed by atoms with Crippen molar-refractivity contribution in [3.63, 3.8) is 0 Å². The van der Waals surface area contributed by atoms with Crippen LogP contribution >= 0.6 is 22.7 Å². The number of thiazole rings is 1. The first-order valence-corrected chi connectivity index (χ1v) is 4.97. The van der Waals surface area contributed by atoms with Crippen LogP contribution in [0.2, 0.25) is 0 Å². The van der Waals surface area contributed by atoms with Gasteiger partial charge in [0.15, 0.2) is 0 Å². The molecule has 1 unspecified atom stereocenters. The molecule has 1 heterocycles. The minimum atomic E-state index is -1.12. The summed E-state index contributed by atoms with van der Waals surface area (Å²) < 4.78 is 0.585.